The van der Waals surface area contributed by atoms with Crippen molar-refractivity contribution in [3.8, 4) is 0 Å². The van der Waals surface area contributed by atoms with E-state index in [1.54, 1.807) is 0 Å². The van der Waals surface area contributed by atoms with Gasteiger partial charge in [-0.1, -0.05) is 53.9 Å². The molecule has 0 aromatic carbocycles. The fourth-order valence-electron chi connectivity index (χ4n) is 2.19. The lowest BCUT2D eigenvalue weighted by Crippen LogP contribution is -2.46. The largest absolute Gasteiger partial charge is 0.500 e. The van der Waals surface area contributed by atoms with E-state index in [2.05, 4.69) is 34.6 Å². The van der Waals surface area contributed by atoms with Crippen molar-refractivity contribution < 1.29 is 13.3 Å². The molecular weight excluding hydrogens is 280 g/mol. The second-order valence-corrected chi connectivity index (χ2v) is 8.95. The summed E-state index contributed by atoms with van der Waals surface area (Å²) in [6, 6.07) is 0.977. The quantitative estimate of drug-likeness (QED) is 0.298. The predicted molar refractivity (Wildman–Crippen MR) is 92.6 cm³/mol. The first-order valence-corrected chi connectivity index (χ1v) is 10.9. The van der Waals surface area contributed by atoms with Crippen molar-refractivity contribution in [3.05, 3.63) is 0 Å². The third-order valence-electron chi connectivity index (χ3n) is 3.34. The van der Waals surface area contributed by atoms with Crippen LogP contribution in [-0.4, -0.2) is 28.6 Å². The van der Waals surface area contributed by atoms with Gasteiger partial charge in [0, 0.05) is 25.9 Å². The maximum absolute atomic E-state index is 6.11. The molecule has 0 radical (unpaired) electrons. The van der Waals surface area contributed by atoms with Gasteiger partial charge in [-0.2, -0.15) is 0 Å². The normalized spacial score (nSPS) is 12.3. The zero-order valence-electron chi connectivity index (χ0n) is 15.1. The van der Waals surface area contributed by atoms with Crippen LogP contribution in [0, 0.1) is 5.92 Å². The van der Waals surface area contributed by atoms with Crippen molar-refractivity contribution in [2.24, 2.45) is 5.92 Å². The highest BCUT2D eigenvalue weighted by atomic mass is 28.4. The molecule has 3 nitrogen and oxygen atoms in total. The van der Waals surface area contributed by atoms with Gasteiger partial charge in [-0.05, 0) is 31.6 Å². The lowest BCUT2D eigenvalue weighted by Gasteiger charge is -2.29. The molecule has 0 saturated heterocycles. The first-order chi connectivity index (χ1) is 10.1. The molecule has 0 unspecified atom stereocenters. The SMILES string of the molecule is CCCO[Si](CCCCCC(C)C)(OCCC)OCCC. The maximum atomic E-state index is 6.11. The van der Waals surface area contributed by atoms with Crippen molar-refractivity contribution in [2.75, 3.05) is 19.8 Å². The van der Waals surface area contributed by atoms with E-state index < -0.39 is 8.80 Å². The first kappa shape index (κ1) is 21.1. The minimum atomic E-state index is -2.44. The van der Waals surface area contributed by atoms with E-state index in [4.69, 9.17) is 13.3 Å². The van der Waals surface area contributed by atoms with E-state index in [1.807, 2.05) is 0 Å². The van der Waals surface area contributed by atoms with Crippen LogP contribution in [0.2, 0.25) is 6.04 Å². The van der Waals surface area contributed by atoms with Crippen molar-refractivity contribution in [2.45, 2.75) is 85.6 Å². The van der Waals surface area contributed by atoms with Crippen LogP contribution in [0.4, 0.5) is 0 Å². The second-order valence-electron chi connectivity index (χ2n) is 6.22. The minimum Gasteiger partial charge on any atom is -0.373 e. The summed E-state index contributed by atoms with van der Waals surface area (Å²) >= 11 is 0. The van der Waals surface area contributed by atoms with Gasteiger partial charge in [-0.25, -0.2) is 0 Å². The monoisotopic (exact) mass is 318 g/mol. The molecule has 0 aromatic heterocycles. The Morgan fingerprint density at radius 2 is 1.19 bits per heavy atom. The predicted octanol–water partition coefficient (Wildman–Crippen LogP) is 5.42. The molecule has 0 saturated carbocycles. The molecule has 0 aliphatic heterocycles. The van der Waals surface area contributed by atoms with Gasteiger partial charge in [0.25, 0.3) is 0 Å². The van der Waals surface area contributed by atoms with Crippen LogP contribution < -0.4 is 0 Å². The van der Waals surface area contributed by atoms with Crippen molar-refractivity contribution in [1.82, 2.24) is 0 Å². The highest BCUT2D eigenvalue weighted by Crippen LogP contribution is 2.22. The first-order valence-electron chi connectivity index (χ1n) is 9.02. The van der Waals surface area contributed by atoms with E-state index in [-0.39, 0.29) is 0 Å². The molecule has 128 valence electrons. The molecule has 0 aliphatic rings. The standard InChI is InChI=1S/C17H38O3Si/c1-6-13-18-21(19-14-7-2,20-15-8-3)16-11-9-10-12-17(4)5/h17H,6-16H2,1-5H3. The topological polar surface area (TPSA) is 27.7 Å². The molecule has 0 rings (SSSR count). The second kappa shape index (κ2) is 13.7. The Morgan fingerprint density at radius 1 is 0.714 bits per heavy atom. The van der Waals surface area contributed by atoms with Crippen molar-refractivity contribution in [1.29, 1.82) is 0 Å². The molecule has 0 atom stereocenters. The Hall–Kier alpha value is 0.0969. The molecule has 0 N–H and O–H groups in total. The van der Waals surface area contributed by atoms with Crippen molar-refractivity contribution >= 4 is 8.80 Å². The summed E-state index contributed by atoms with van der Waals surface area (Å²) in [5, 5.41) is 0. The molecule has 0 heterocycles. The molecule has 0 spiro atoms. The smallest absolute Gasteiger partial charge is 0.373 e. The van der Waals surface area contributed by atoms with E-state index >= 15 is 0 Å². The van der Waals surface area contributed by atoms with Gasteiger partial charge in [-0.3, -0.25) is 0 Å². The molecule has 0 bridgehead atoms. The molecule has 0 fully saturated rings. The highest BCUT2D eigenvalue weighted by molar-refractivity contribution is 6.60. The van der Waals surface area contributed by atoms with Gasteiger partial charge in [0.2, 0.25) is 0 Å². The van der Waals surface area contributed by atoms with Crippen LogP contribution in [0.15, 0.2) is 0 Å². The van der Waals surface area contributed by atoms with E-state index in [0.717, 1.165) is 57.5 Å². The fourth-order valence-corrected chi connectivity index (χ4v) is 5.10. The van der Waals surface area contributed by atoms with E-state index in [9.17, 15) is 0 Å². The van der Waals surface area contributed by atoms with Gasteiger partial charge in [0.1, 0.15) is 0 Å². The summed E-state index contributed by atoms with van der Waals surface area (Å²) in [7, 11) is -2.44. The van der Waals surface area contributed by atoms with E-state index in [0.29, 0.717) is 0 Å². The summed E-state index contributed by atoms with van der Waals surface area (Å²) in [4.78, 5) is 0. The van der Waals surface area contributed by atoms with Crippen LogP contribution >= 0.6 is 0 Å². The average molecular weight is 319 g/mol. The summed E-state index contributed by atoms with van der Waals surface area (Å²) in [6.45, 7) is 13.3. The summed E-state index contributed by atoms with van der Waals surface area (Å²) in [5.74, 6) is 0.802. The minimum absolute atomic E-state index is 0.756. The molecule has 21 heavy (non-hydrogen) atoms. The maximum Gasteiger partial charge on any atom is 0.500 e. The lowest BCUT2D eigenvalue weighted by atomic mass is 10.1. The Kier molecular flexibility index (Phi) is 13.8. The van der Waals surface area contributed by atoms with Gasteiger partial charge in [0.15, 0.2) is 0 Å². The number of hydrogen-bond donors (Lipinski definition) is 0. The fraction of sp³-hybridized carbons (Fsp3) is 1.00. The zero-order valence-corrected chi connectivity index (χ0v) is 16.1. The Balaban J connectivity index is 4.34. The highest BCUT2D eigenvalue weighted by Gasteiger charge is 2.40. The van der Waals surface area contributed by atoms with Crippen LogP contribution in [0.25, 0.3) is 0 Å². The molecule has 0 aliphatic carbocycles. The molecule has 0 amide bonds. The Labute approximate surface area is 134 Å². The molecule has 0 aromatic rings. The third-order valence-corrected chi connectivity index (χ3v) is 6.24. The average Bonchev–Trinajstić information content (AvgIpc) is 2.47. The van der Waals surface area contributed by atoms with E-state index in [1.165, 1.54) is 19.3 Å². The molecule has 4 heteroatoms. The summed E-state index contributed by atoms with van der Waals surface area (Å²) < 4.78 is 18.3. The molecular formula is C17H38O3Si. The Bertz CT molecular complexity index is 200. The zero-order chi connectivity index (χ0) is 16.0. The third kappa shape index (κ3) is 11.3. The number of hydrogen-bond acceptors (Lipinski definition) is 3. The van der Waals surface area contributed by atoms with Crippen LogP contribution in [-0.2, 0) is 13.3 Å². The van der Waals surface area contributed by atoms with Gasteiger partial charge >= 0.3 is 8.80 Å². The van der Waals surface area contributed by atoms with Crippen LogP contribution in [0.1, 0.15) is 79.6 Å². The van der Waals surface area contributed by atoms with Gasteiger partial charge in [-0.15, -0.1) is 0 Å². The summed E-state index contributed by atoms with van der Waals surface area (Å²) in [5.41, 5.74) is 0. The van der Waals surface area contributed by atoms with Crippen LogP contribution in [0.3, 0.4) is 0 Å². The lowest BCUT2D eigenvalue weighted by molar-refractivity contribution is 0.0586. The summed E-state index contributed by atoms with van der Waals surface area (Å²) in [6.07, 6.45) is 8.10. The van der Waals surface area contributed by atoms with Gasteiger partial charge < -0.3 is 13.3 Å². The number of rotatable bonds is 15. The van der Waals surface area contributed by atoms with Gasteiger partial charge in [0.05, 0.1) is 0 Å². The van der Waals surface area contributed by atoms with Crippen LogP contribution in [0.5, 0.6) is 0 Å². The number of unbranched alkanes of at least 4 members (excludes halogenated alkanes) is 2. The Morgan fingerprint density at radius 3 is 1.57 bits per heavy atom. The van der Waals surface area contributed by atoms with Crippen molar-refractivity contribution in [3.63, 3.8) is 0 Å².